The largest absolute Gasteiger partial charge is 0.511 e. The van der Waals surface area contributed by atoms with Crippen molar-refractivity contribution in [2.24, 2.45) is 5.92 Å². The van der Waals surface area contributed by atoms with Crippen molar-refractivity contribution in [2.75, 3.05) is 0 Å². The van der Waals surface area contributed by atoms with Gasteiger partial charge in [0.05, 0.1) is 12.1 Å². The number of H-pyrrole nitrogens is 1. The summed E-state index contributed by atoms with van der Waals surface area (Å²) in [5, 5.41) is 20.8. The van der Waals surface area contributed by atoms with Gasteiger partial charge in [0.1, 0.15) is 12.2 Å². The smallest absolute Gasteiger partial charge is 0.390 e. The summed E-state index contributed by atoms with van der Waals surface area (Å²) >= 11 is 0. The van der Waals surface area contributed by atoms with Crippen LogP contribution in [0.2, 0.25) is 0 Å². The maximum atomic E-state index is 12.2. The highest BCUT2D eigenvalue weighted by molar-refractivity contribution is 7.40. The van der Waals surface area contributed by atoms with E-state index in [1.165, 1.54) is 16.8 Å². The first-order valence-corrected chi connectivity index (χ1v) is 10.3. The van der Waals surface area contributed by atoms with E-state index in [1.807, 2.05) is 20.8 Å². The van der Waals surface area contributed by atoms with Gasteiger partial charge in [-0.3, -0.25) is 14.3 Å². The Bertz CT molecular complexity index is 732. The molecule has 0 aliphatic heterocycles. The molecule has 0 bridgehead atoms. The number of aliphatic hydroxyl groups excluding tert-OH is 2. The Kier molecular flexibility index (Phi) is 7.29. The van der Waals surface area contributed by atoms with E-state index in [4.69, 9.17) is 4.52 Å². The van der Waals surface area contributed by atoms with E-state index in [2.05, 4.69) is 4.98 Å². The topological polar surface area (TPSA) is 122 Å². The molecule has 0 amide bonds. The lowest BCUT2D eigenvalue weighted by molar-refractivity contribution is -0.00218. The highest BCUT2D eigenvalue weighted by Gasteiger charge is 2.44. The van der Waals surface area contributed by atoms with Crippen LogP contribution in [-0.2, 0) is 9.09 Å². The molecule has 1 aliphatic rings. The lowest BCUT2D eigenvalue weighted by Gasteiger charge is -2.19. The van der Waals surface area contributed by atoms with E-state index >= 15 is 0 Å². The summed E-state index contributed by atoms with van der Waals surface area (Å²) in [4.78, 5) is 25.3. The van der Waals surface area contributed by atoms with Gasteiger partial charge in [-0.2, -0.15) is 0 Å². The van der Waals surface area contributed by atoms with Crippen LogP contribution in [0.15, 0.2) is 21.9 Å². The second kappa shape index (κ2) is 9.04. The van der Waals surface area contributed by atoms with Crippen LogP contribution in [0.3, 0.4) is 0 Å². The molecule has 1 heterocycles. The fourth-order valence-electron chi connectivity index (χ4n) is 3.32. The van der Waals surface area contributed by atoms with Gasteiger partial charge in [0.25, 0.3) is 5.56 Å². The van der Waals surface area contributed by atoms with Crippen LogP contribution in [0.5, 0.6) is 0 Å². The monoisotopic (exact) mass is 387 g/mol. The van der Waals surface area contributed by atoms with Gasteiger partial charge in [-0.25, -0.2) is 4.79 Å². The zero-order chi connectivity index (χ0) is 19.4. The van der Waals surface area contributed by atoms with E-state index in [9.17, 15) is 24.4 Å². The molecule has 3 unspecified atom stereocenters. The third-order valence-electron chi connectivity index (χ3n) is 5.20. The van der Waals surface area contributed by atoms with Gasteiger partial charge in [0, 0.05) is 12.3 Å². The molecular weight excluding hydrogens is 359 g/mol. The first kappa shape index (κ1) is 21.0. The Morgan fingerprint density at radius 3 is 2.58 bits per heavy atom. The number of aromatic amines is 1. The predicted molar refractivity (Wildman–Crippen MR) is 97.6 cm³/mol. The number of nitrogens with one attached hydrogen (secondary N) is 1. The Morgan fingerprint density at radius 2 is 2.00 bits per heavy atom. The van der Waals surface area contributed by atoms with Gasteiger partial charge in [0.2, 0.25) is 0 Å². The number of aromatic nitrogens is 2. The average Bonchev–Trinajstić information content (AvgIpc) is 2.88. The van der Waals surface area contributed by atoms with Gasteiger partial charge in [0.15, 0.2) is 5.66 Å². The molecular formula is C17H28N2O6P+. The maximum absolute atomic E-state index is 12.2. The number of nitrogens with zero attached hydrogens (tertiary/aromatic N) is 1. The molecule has 0 spiro atoms. The minimum atomic E-state index is -1.79. The van der Waals surface area contributed by atoms with Gasteiger partial charge in [-0.15, -0.1) is 4.52 Å². The quantitative estimate of drug-likeness (QED) is 0.582. The fourth-order valence-corrected chi connectivity index (χ4v) is 4.35. The minimum absolute atomic E-state index is 0.0365. The summed E-state index contributed by atoms with van der Waals surface area (Å²) in [5.41, 5.74) is -1.16. The summed E-state index contributed by atoms with van der Waals surface area (Å²) in [7, 11) is -1.79. The summed E-state index contributed by atoms with van der Waals surface area (Å²) in [6.45, 7) is 5.75. The van der Waals surface area contributed by atoms with Crippen LogP contribution in [0, 0.1) is 5.92 Å². The van der Waals surface area contributed by atoms with E-state index in [0.717, 1.165) is 6.42 Å². The molecule has 146 valence electrons. The van der Waals surface area contributed by atoms with Crippen molar-refractivity contribution >= 4 is 8.03 Å². The van der Waals surface area contributed by atoms with Crippen LogP contribution in [0.1, 0.15) is 52.5 Å². The standard InChI is InChI=1S/C17H27N2O6P/c1-4-10(3)26(24)25-12(5-2)8-11-9-13(16(22)15(11)21)19-7-6-14(20)18-17(19)23/h6-7,10-13,15-16,21-22H,4-5,8-9H2,1-3H3/p+1/t10?,11-,12?,13-,15+,16-/m0/s1. The number of rotatable bonds is 8. The zero-order valence-corrected chi connectivity index (χ0v) is 16.3. The first-order valence-electron chi connectivity index (χ1n) is 9.09. The fraction of sp³-hybridized carbons (Fsp3) is 0.765. The van der Waals surface area contributed by atoms with Crippen molar-refractivity contribution in [1.82, 2.24) is 9.55 Å². The Balaban J connectivity index is 2.09. The number of aliphatic hydroxyl groups is 2. The van der Waals surface area contributed by atoms with E-state index in [0.29, 0.717) is 19.3 Å². The molecule has 8 nitrogen and oxygen atoms in total. The summed E-state index contributed by atoms with van der Waals surface area (Å²) in [6, 6.07) is 0.586. The Morgan fingerprint density at radius 1 is 1.31 bits per heavy atom. The van der Waals surface area contributed by atoms with E-state index < -0.39 is 37.5 Å². The lowest BCUT2D eigenvalue weighted by Crippen LogP contribution is -2.37. The molecule has 9 heteroatoms. The maximum Gasteiger partial charge on any atom is 0.511 e. The van der Waals surface area contributed by atoms with Gasteiger partial charge in [-0.05, 0) is 43.1 Å². The molecule has 0 aromatic carbocycles. The normalized spacial score (nSPS) is 28.7. The molecule has 26 heavy (non-hydrogen) atoms. The van der Waals surface area contributed by atoms with Gasteiger partial charge < -0.3 is 10.2 Å². The van der Waals surface area contributed by atoms with Crippen molar-refractivity contribution in [1.29, 1.82) is 0 Å². The number of hydrogen-bond acceptors (Lipinski definition) is 6. The Labute approximate surface area is 153 Å². The molecule has 1 aliphatic carbocycles. The molecule has 0 radical (unpaired) electrons. The molecule has 1 aromatic rings. The average molecular weight is 387 g/mol. The van der Waals surface area contributed by atoms with Crippen LogP contribution in [0.25, 0.3) is 0 Å². The number of hydrogen-bond donors (Lipinski definition) is 3. The zero-order valence-electron chi connectivity index (χ0n) is 15.4. The van der Waals surface area contributed by atoms with Crippen LogP contribution in [-0.4, -0.2) is 43.7 Å². The summed E-state index contributed by atoms with van der Waals surface area (Å²) in [5.74, 6) is -0.292. The van der Waals surface area contributed by atoms with Crippen molar-refractivity contribution in [3.63, 3.8) is 0 Å². The molecule has 2 rings (SSSR count). The van der Waals surface area contributed by atoms with Crippen LogP contribution < -0.4 is 11.2 Å². The third kappa shape index (κ3) is 4.68. The Hall–Kier alpha value is -1.34. The van der Waals surface area contributed by atoms with Crippen molar-refractivity contribution < 1.29 is 19.3 Å². The molecule has 7 atom stereocenters. The van der Waals surface area contributed by atoms with Crippen LogP contribution >= 0.6 is 8.03 Å². The van der Waals surface area contributed by atoms with Gasteiger partial charge in [-0.1, -0.05) is 13.8 Å². The first-order chi connectivity index (χ1) is 12.3. The highest BCUT2D eigenvalue weighted by atomic mass is 31.1. The lowest BCUT2D eigenvalue weighted by atomic mass is 9.96. The van der Waals surface area contributed by atoms with Crippen molar-refractivity contribution in [3.8, 4) is 0 Å². The second-order valence-electron chi connectivity index (χ2n) is 6.98. The summed E-state index contributed by atoms with van der Waals surface area (Å²) < 4.78 is 19.1. The predicted octanol–water partition coefficient (Wildman–Crippen LogP) is 1.55. The summed E-state index contributed by atoms with van der Waals surface area (Å²) in [6.07, 6.45) is 1.12. The molecule has 1 saturated carbocycles. The van der Waals surface area contributed by atoms with Crippen molar-refractivity contribution in [2.45, 2.75) is 76.5 Å². The third-order valence-corrected chi connectivity index (χ3v) is 6.80. The minimum Gasteiger partial charge on any atom is -0.390 e. The highest BCUT2D eigenvalue weighted by Crippen LogP contribution is 2.40. The van der Waals surface area contributed by atoms with Gasteiger partial charge >= 0.3 is 13.7 Å². The van der Waals surface area contributed by atoms with E-state index in [-0.39, 0.29) is 17.7 Å². The van der Waals surface area contributed by atoms with Crippen molar-refractivity contribution in [3.05, 3.63) is 33.1 Å². The molecule has 1 aromatic heterocycles. The molecule has 0 saturated heterocycles. The van der Waals surface area contributed by atoms with Crippen LogP contribution in [0.4, 0.5) is 0 Å². The molecule has 3 N–H and O–H groups in total. The SMILES string of the molecule is CCC(C[C@H]1C[C@H](n2ccc(=O)[nH]c2=O)[C@H](O)[C@@H]1O)O[P+](=O)C(C)CC. The van der Waals surface area contributed by atoms with E-state index in [1.54, 1.807) is 0 Å². The second-order valence-corrected chi connectivity index (χ2v) is 8.64. The molecule has 1 fully saturated rings.